The van der Waals surface area contributed by atoms with Crippen molar-refractivity contribution in [2.75, 3.05) is 13.2 Å². The first-order chi connectivity index (χ1) is 16.7. The first kappa shape index (κ1) is 24.5. The molecule has 5 atom stereocenters. The van der Waals surface area contributed by atoms with Crippen LogP contribution in [0.2, 0.25) is 0 Å². The van der Waals surface area contributed by atoms with Gasteiger partial charge in [-0.05, 0) is 16.7 Å². The van der Waals surface area contributed by atoms with E-state index < -0.39 is 18.2 Å². The average molecular weight is 464 g/mol. The summed E-state index contributed by atoms with van der Waals surface area (Å²) >= 11 is 0. The van der Waals surface area contributed by atoms with Crippen molar-refractivity contribution in [2.24, 2.45) is 0 Å². The highest BCUT2D eigenvalue weighted by Crippen LogP contribution is 2.26. The summed E-state index contributed by atoms with van der Waals surface area (Å²) in [4.78, 5) is 0. The van der Waals surface area contributed by atoms with Crippen LogP contribution in [0.25, 0.3) is 0 Å². The summed E-state index contributed by atoms with van der Waals surface area (Å²) in [6, 6.07) is 29.2. The fourth-order valence-corrected chi connectivity index (χ4v) is 4.28. The molecule has 6 nitrogen and oxygen atoms in total. The molecule has 0 radical (unpaired) electrons. The van der Waals surface area contributed by atoms with Crippen LogP contribution in [0, 0.1) is 0 Å². The van der Waals surface area contributed by atoms with Crippen molar-refractivity contribution >= 4 is 0 Å². The van der Waals surface area contributed by atoms with E-state index >= 15 is 0 Å². The molecule has 0 bridgehead atoms. The van der Waals surface area contributed by atoms with Gasteiger partial charge in [-0.15, -0.1) is 0 Å². The molecule has 1 aliphatic rings. The predicted octanol–water partition coefficient (Wildman–Crippen LogP) is 3.07. The van der Waals surface area contributed by atoms with Gasteiger partial charge in [0, 0.05) is 0 Å². The zero-order valence-electron chi connectivity index (χ0n) is 19.2. The van der Waals surface area contributed by atoms with Crippen molar-refractivity contribution in [3.63, 3.8) is 0 Å². The van der Waals surface area contributed by atoms with E-state index in [0.29, 0.717) is 26.4 Å². The molecule has 3 N–H and O–H groups in total. The Balaban J connectivity index is 1.48. The minimum absolute atomic E-state index is 0.209. The lowest BCUT2D eigenvalue weighted by molar-refractivity contribution is -0.0976. The van der Waals surface area contributed by atoms with Crippen LogP contribution in [-0.2, 0) is 34.0 Å². The lowest BCUT2D eigenvalue weighted by Crippen LogP contribution is -2.46. The van der Waals surface area contributed by atoms with E-state index in [9.17, 15) is 10.2 Å². The van der Waals surface area contributed by atoms with Gasteiger partial charge in [0.05, 0.1) is 51.2 Å². The standard InChI is InChI=1S/C28H33NO5/c30-16-25(31)26-28(34-19-23-14-8-3-9-15-23)27(33-18-22-12-6-2-7-13-22)24(29-26)20-32-17-21-10-4-1-5-11-21/h1-15,24-31H,16-20H2/t24-,25+,26+,27-,28-/m1/s1. The number of aliphatic hydroxyl groups excluding tert-OH is 2. The van der Waals surface area contributed by atoms with Crippen LogP contribution in [0.1, 0.15) is 16.7 Å². The molecule has 0 aliphatic carbocycles. The smallest absolute Gasteiger partial charge is 0.104 e. The number of aliphatic hydroxyl groups is 2. The van der Waals surface area contributed by atoms with E-state index in [4.69, 9.17) is 14.2 Å². The third kappa shape index (κ3) is 6.73. The molecule has 3 aromatic rings. The largest absolute Gasteiger partial charge is 0.394 e. The second-order valence-electron chi connectivity index (χ2n) is 8.57. The number of benzene rings is 3. The Bertz CT molecular complexity index is 956. The molecular weight excluding hydrogens is 430 g/mol. The summed E-state index contributed by atoms with van der Waals surface area (Å²) in [5, 5.41) is 23.7. The molecule has 1 heterocycles. The lowest BCUT2D eigenvalue weighted by atomic mass is 10.0. The van der Waals surface area contributed by atoms with Crippen LogP contribution < -0.4 is 5.32 Å². The quantitative estimate of drug-likeness (QED) is 0.383. The molecular formula is C28H33NO5. The molecule has 34 heavy (non-hydrogen) atoms. The van der Waals surface area contributed by atoms with Crippen molar-refractivity contribution in [1.82, 2.24) is 5.32 Å². The van der Waals surface area contributed by atoms with Crippen molar-refractivity contribution in [3.05, 3.63) is 108 Å². The van der Waals surface area contributed by atoms with Gasteiger partial charge in [-0.25, -0.2) is 0 Å². The molecule has 6 heteroatoms. The normalized spacial score (nSPS) is 23.1. The number of ether oxygens (including phenoxy) is 3. The van der Waals surface area contributed by atoms with Gasteiger partial charge >= 0.3 is 0 Å². The van der Waals surface area contributed by atoms with Crippen LogP contribution >= 0.6 is 0 Å². The maximum absolute atomic E-state index is 10.6. The molecule has 1 aliphatic heterocycles. The van der Waals surface area contributed by atoms with Crippen LogP contribution in [0.3, 0.4) is 0 Å². The lowest BCUT2D eigenvalue weighted by Gasteiger charge is -2.27. The van der Waals surface area contributed by atoms with E-state index in [1.54, 1.807) is 0 Å². The van der Waals surface area contributed by atoms with Gasteiger partial charge in [-0.1, -0.05) is 91.0 Å². The monoisotopic (exact) mass is 463 g/mol. The van der Waals surface area contributed by atoms with Gasteiger partial charge in [0.15, 0.2) is 0 Å². The maximum Gasteiger partial charge on any atom is 0.104 e. The second kappa shape index (κ2) is 12.8. The molecule has 1 fully saturated rings. The van der Waals surface area contributed by atoms with Crippen molar-refractivity contribution in [1.29, 1.82) is 0 Å². The first-order valence-electron chi connectivity index (χ1n) is 11.7. The molecule has 0 spiro atoms. The summed E-state index contributed by atoms with van der Waals surface area (Å²) < 4.78 is 18.7. The Morgan fingerprint density at radius 2 is 1.15 bits per heavy atom. The third-order valence-electron chi connectivity index (χ3n) is 6.06. The zero-order valence-corrected chi connectivity index (χ0v) is 19.2. The summed E-state index contributed by atoms with van der Waals surface area (Å²) in [5.41, 5.74) is 3.18. The summed E-state index contributed by atoms with van der Waals surface area (Å²) in [6.07, 6.45) is -1.81. The molecule has 0 aromatic heterocycles. The topological polar surface area (TPSA) is 80.2 Å². The Morgan fingerprint density at radius 1 is 0.676 bits per heavy atom. The second-order valence-corrected chi connectivity index (χ2v) is 8.57. The number of rotatable bonds is 12. The van der Waals surface area contributed by atoms with E-state index in [-0.39, 0.29) is 18.8 Å². The molecule has 0 unspecified atom stereocenters. The Morgan fingerprint density at radius 3 is 1.65 bits per heavy atom. The Kier molecular flexibility index (Phi) is 9.21. The van der Waals surface area contributed by atoms with Gasteiger partial charge in [0.25, 0.3) is 0 Å². The molecule has 3 aromatic carbocycles. The Labute approximate surface area is 201 Å². The third-order valence-corrected chi connectivity index (χ3v) is 6.06. The van der Waals surface area contributed by atoms with Crippen LogP contribution in [0.15, 0.2) is 91.0 Å². The molecule has 0 saturated carbocycles. The van der Waals surface area contributed by atoms with E-state index in [0.717, 1.165) is 16.7 Å². The molecule has 0 amide bonds. The minimum Gasteiger partial charge on any atom is -0.394 e. The summed E-state index contributed by atoms with van der Waals surface area (Å²) in [5.74, 6) is 0. The fraction of sp³-hybridized carbons (Fsp3) is 0.357. The molecule has 180 valence electrons. The highest BCUT2D eigenvalue weighted by molar-refractivity contribution is 5.16. The average Bonchev–Trinajstić information content (AvgIpc) is 3.24. The number of nitrogens with one attached hydrogen (secondary N) is 1. The van der Waals surface area contributed by atoms with E-state index in [2.05, 4.69) is 5.32 Å². The molecule has 1 saturated heterocycles. The van der Waals surface area contributed by atoms with Crippen molar-refractivity contribution < 1.29 is 24.4 Å². The SMILES string of the molecule is OC[C@H](O)[C@@H]1N[C@H](COCc2ccccc2)[C@@H](OCc2ccccc2)[C@@H]1OCc1ccccc1. The van der Waals surface area contributed by atoms with Gasteiger partial charge in [0.1, 0.15) is 12.2 Å². The zero-order chi connectivity index (χ0) is 23.6. The minimum atomic E-state index is -0.984. The fourth-order valence-electron chi connectivity index (χ4n) is 4.28. The molecule has 4 rings (SSSR count). The van der Waals surface area contributed by atoms with E-state index in [1.807, 2.05) is 91.0 Å². The highest BCUT2D eigenvalue weighted by Gasteiger charge is 2.47. The summed E-state index contributed by atoms with van der Waals surface area (Å²) in [7, 11) is 0. The highest BCUT2D eigenvalue weighted by atomic mass is 16.5. The number of hydrogen-bond acceptors (Lipinski definition) is 6. The van der Waals surface area contributed by atoms with Crippen molar-refractivity contribution in [2.45, 2.75) is 50.2 Å². The van der Waals surface area contributed by atoms with E-state index in [1.165, 1.54) is 0 Å². The Hall–Kier alpha value is -2.58. The van der Waals surface area contributed by atoms with Crippen LogP contribution in [0.5, 0.6) is 0 Å². The summed E-state index contributed by atoms with van der Waals surface area (Å²) in [6.45, 7) is 1.29. The van der Waals surface area contributed by atoms with Gasteiger partial charge in [-0.3, -0.25) is 0 Å². The first-order valence-corrected chi connectivity index (χ1v) is 11.7. The van der Waals surface area contributed by atoms with Gasteiger partial charge in [-0.2, -0.15) is 0 Å². The number of hydrogen-bond donors (Lipinski definition) is 3. The van der Waals surface area contributed by atoms with Crippen LogP contribution in [0.4, 0.5) is 0 Å². The van der Waals surface area contributed by atoms with Crippen molar-refractivity contribution in [3.8, 4) is 0 Å². The van der Waals surface area contributed by atoms with Gasteiger partial charge < -0.3 is 29.7 Å². The maximum atomic E-state index is 10.6. The van der Waals surface area contributed by atoms with Crippen LogP contribution in [-0.4, -0.2) is 53.8 Å². The predicted molar refractivity (Wildman–Crippen MR) is 130 cm³/mol. The van der Waals surface area contributed by atoms with Gasteiger partial charge in [0.2, 0.25) is 0 Å².